The summed E-state index contributed by atoms with van der Waals surface area (Å²) in [5, 5.41) is 9.48. The summed E-state index contributed by atoms with van der Waals surface area (Å²) in [5.74, 6) is 0. The van der Waals surface area contributed by atoms with E-state index in [0.717, 1.165) is 6.29 Å². The summed E-state index contributed by atoms with van der Waals surface area (Å²) >= 11 is 6.28. The van der Waals surface area contributed by atoms with Gasteiger partial charge in [-0.2, -0.15) is 0 Å². The van der Waals surface area contributed by atoms with Crippen LogP contribution in [-0.2, 0) is 4.79 Å². The fraction of sp³-hybridized carbons (Fsp3) is 0.286. The first kappa shape index (κ1) is 9.16. The number of allylic oxidation sites excluding steroid dienone is 2. The Balaban J connectivity index is 2.88. The molecule has 1 rings (SSSR count). The minimum Gasteiger partial charge on any atom is -0.374 e. The minimum atomic E-state index is -1.07. The van der Waals surface area contributed by atoms with E-state index in [1.54, 1.807) is 12.2 Å². The molecule has 0 aromatic heterocycles. The van der Waals surface area contributed by atoms with Gasteiger partial charge in [-0.25, -0.2) is 0 Å². The summed E-state index contributed by atoms with van der Waals surface area (Å²) in [7, 11) is 0. The van der Waals surface area contributed by atoms with Crippen LogP contribution < -0.4 is 0 Å². The Hall–Kier alpha value is 0.0700. The molecular weight excluding hydrogens is 276 g/mol. The van der Waals surface area contributed by atoms with Gasteiger partial charge in [0, 0.05) is 5.57 Å². The number of hydrogen-bond donors (Lipinski definition) is 1. The average Bonchev–Trinajstić information content (AvgIpc) is 1.95. The second-order valence-corrected chi connectivity index (χ2v) is 4.50. The molecule has 2 nitrogen and oxygen atoms in total. The van der Waals surface area contributed by atoms with Crippen molar-refractivity contribution >= 4 is 38.1 Å². The zero-order chi connectivity index (χ0) is 8.48. The fourth-order valence-electron chi connectivity index (χ4n) is 0.725. The Morgan fingerprint density at radius 2 is 2.36 bits per heavy atom. The van der Waals surface area contributed by atoms with Crippen molar-refractivity contribution in [3.05, 3.63) is 23.8 Å². The minimum absolute atomic E-state index is 0.264. The molecule has 11 heavy (non-hydrogen) atoms. The number of alkyl halides is 2. The second kappa shape index (κ2) is 3.21. The topological polar surface area (TPSA) is 37.3 Å². The molecule has 0 spiro atoms. The molecule has 1 aliphatic carbocycles. The molecule has 2 unspecified atom stereocenters. The third-order valence-corrected chi connectivity index (χ3v) is 3.71. The van der Waals surface area contributed by atoms with Crippen molar-refractivity contribution in [2.45, 2.75) is 9.34 Å². The first-order valence-corrected chi connectivity index (χ1v) is 4.69. The SMILES string of the molecule is O=CC1=CC(Br)C(O)(Br)C=C1. The molecule has 0 aliphatic heterocycles. The van der Waals surface area contributed by atoms with E-state index < -0.39 is 4.51 Å². The Labute approximate surface area is 81.2 Å². The van der Waals surface area contributed by atoms with Crippen LogP contribution in [0.3, 0.4) is 0 Å². The number of halogens is 2. The van der Waals surface area contributed by atoms with E-state index in [4.69, 9.17) is 0 Å². The first-order valence-electron chi connectivity index (χ1n) is 2.98. The molecule has 0 aromatic rings. The molecule has 0 saturated carbocycles. The lowest BCUT2D eigenvalue weighted by molar-refractivity contribution is -0.104. The van der Waals surface area contributed by atoms with Crippen LogP contribution in [0.5, 0.6) is 0 Å². The van der Waals surface area contributed by atoms with Gasteiger partial charge < -0.3 is 5.11 Å². The molecule has 0 amide bonds. The highest BCUT2D eigenvalue weighted by Crippen LogP contribution is 2.31. The van der Waals surface area contributed by atoms with Crippen LogP contribution >= 0.6 is 31.9 Å². The van der Waals surface area contributed by atoms with Crippen LogP contribution in [-0.4, -0.2) is 20.7 Å². The quantitative estimate of drug-likeness (QED) is 0.585. The van der Waals surface area contributed by atoms with Crippen molar-refractivity contribution in [2.24, 2.45) is 0 Å². The lowest BCUT2D eigenvalue weighted by Gasteiger charge is -2.23. The van der Waals surface area contributed by atoms with E-state index in [1.807, 2.05) is 0 Å². The molecule has 2 atom stereocenters. The Kier molecular flexibility index (Phi) is 2.67. The van der Waals surface area contributed by atoms with Crippen molar-refractivity contribution in [1.82, 2.24) is 0 Å². The van der Waals surface area contributed by atoms with Crippen LogP contribution in [0.1, 0.15) is 0 Å². The maximum Gasteiger partial charge on any atom is 0.154 e. The van der Waals surface area contributed by atoms with Gasteiger partial charge in [-0.3, -0.25) is 4.79 Å². The van der Waals surface area contributed by atoms with Gasteiger partial charge in [0.05, 0.1) is 4.83 Å². The molecular formula is C7H6Br2O2. The zero-order valence-electron chi connectivity index (χ0n) is 5.50. The summed E-state index contributed by atoms with van der Waals surface area (Å²) in [6, 6.07) is 0. The molecule has 0 radical (unpaired) electrons. The predicted octanol–water partition coefficient (Wildman–Crippen LogP) is 1.53. The Morgan fingerprint density at radius 1 is 1.73 bits per heavy atom. The second-order valence-electron chi connectivity index (χ2n) is 2.25. The molecule has 0 fully saturated rings. The molecule has 1 N–H and O–H groups in total. The highest BCUT2D eigenvalue weighted by Gasteiger charge is 2.30. The van der Waals surface area contributed by atoms with Crippen LogP contribution in [0, 0.1) is 0 Å². The van der Waals surface area contributed by atoms with Gasteiger partial charge in [0.2, 0.25) is 0 Å². The van der Waals surface area contributed by atoms with Gasteiger partial charge in [-0.15, -0.1) is 0 Å². The maximum absolute atomic E-state index is 10.3. The zero-order valence-corrected chi connectivity index (χ0v) is 8.67. The van der Waals surface area contributed by atoms with Crippen molar-refractivity contribution < 1.29 is 9.90 Å². The van der Waals surface area contributed by atoms with E-state index >= 15 is 0 Å². The van der Waals surface area contributed by atoms with E-state index in [2.05, 4.69) is 31.9 Å². The van der Waals surface area contributed by atoms with E-state index in [9.17, 15) is 9.90 Å². The standard InChI is InChI=1S/C7H6Br2O2/c8-6-3-5(4-10)1-2-7(6,9)11/h1-4,6,11H. The lowest BCUT2D eigenvalue weighted by Crippen LogP contribution is -2.30. The van der Waals surface area contributed by atoms with Crippen molar-refractivity contribution in [3.8, 4) is 0 Å². The predicted molar refractivity (Wildman–Crippen MR) is 49.9 cm³/mol. The van der Waals surface area contributed by atoms with E-state index in [-0.39, 0.29) is 4.83 Å². The summed E-state index contributed by atoms with van der Waals surface area (Å²) < 4.78 is -1.07. The van der Waals surface area contributed by atoms with E-state index in [1.165, 1.54) is 6.08 Å². The number of aldehydes is 1. The molecule has 0 heterocycles. The lowest BCUT2D eigenvalue weighted by atomic mass is 10.1. The summed E-state index contributed by atoms with van der Waals surface area (Å²) in [4.78, 5) is 10.0. The Morgan fingerprint density at radius 3 is 2.82 bits per heavy atom. The number of carbonyl (C=O) groups excluding carboxylic acids is 1. The van der Waals surface area contributed by atoms with Crippen molar-refractivity contribution in [2.75, 3.05) is 0 Å². The third kappa shape index (κ3) is 2.01. The van der Waals surface area contributed by atoms with Gasteiger partial charge >= 0.3 is 0 Å². The third-order valence-electron chi connectivity index (χ3n) is 1.37. The number of aliphatic hydroxyl groups is 1. The average molecular weight is 282 g/mol. The molecule has 60 valence electrons. The van der Waals surface area contributed by atoms with Crippen molar-refractivity contribution in [1.29, 1.82) is 0 Å². The van der Waals surface area contributed by atoms with Gasteiger partial charge in [0.25, 0.3) is 0 Å². The Bertz CT molecular complexity index is 231. The normalized spacial score (nSPS) is 36.6. The number of carbonyl (C=O) groups is 1. The molecule has 1 aliphatic rings. The van der Waals surface area contributed by atoms with Crippen LogP contribution in [0.4, 0.5) is 0 Å². The molecule has 0 bridgehead atoms. The van der Waals surface area contributed by atoms with Gasteiger partial charge in [0.15, 0.2) is 4.51 Å². The van der Waals surface area contributed by atoms with Crippen molar-refractivity contribution in [3.63, 3.8) is 0 Å². The number of hydrogen-bond acceptors (Lipinski definition) is 2. The van der Waals surface area contributed by atoms with Gasteiger partial charge in [-0.1, -0.05) is 28.1 Å². The summed E-state index contributed by atoms with van der Waals surface area (Å²) in [5.41, 5.74) is 0.566. The fourth-order valence-corrected chi connectivity index (χ4v) is 1.45. The van der Waals surface area contributed by atoms with Crippen LogP contribution in [0.15, 0.2) is 23.8 Å². The van der Waals surface area contributed by atoms with E-state index in [0.29, 0.717) is 5.57 Å². The molecule has 0 saturated heterocycles. The van der Waals surface area contributed by atoms with Gasteiger partial charge in [0.1, 0.15) is 6.29 Å². The van der Waals surface area contributed by atoms with Crippen LogP contribution in [0.2, 0.25) is 0 Å². The van der Waals surface area contributed by atoms with Gasteiger partial charge in [-0.05, 0) is 22.0 Å². The summed E-state index contributed by atoms with van der Waals surface area (Å²) in [6.07, 6.45) is 5.48. The maximum atomic E-state index is 10.3. The summed E-state index contributed by atoms with van der Waals surface area (Å²) in [6.45, 7) is 0. The largest absolute Gasteiger partial charge is 0.374 e. The number of rotatable bonds is 1. The van der Waals surface area contributed by atoms with Crippen LogP contribution in [0.25, 0.3) is 0 Å². The highest BCUT2D eigenvalue weighted by atomic mass is 79.9. The highest BCUT2D eigenvalue weighted by molar-refractivity contribution is 9.12. The molecule has 0 aromatic carbocycles. The molecule has 4 heteroatoms. The monoisotopic (exact) mass is 280 g/mol. The first-order chi connectivity index (χ1) is 5.06. The smallest absolute Gasteiger partial charge is 0.154 e.